The summed E-state index contributed by atoms with van der Waals surface area (Å²) in [5.41, 5.74) is 7.32. The normalized spacial score (nSPS) is 14.3. The second-order valence-corrected chi connectivity index (χ2v) is 8.39. The highest BCUT2D eigenvalue weighted by Crippen LogP contribution is 2.30. The van der Waals surface area contributed by atoms with E-state index in [4.69, 9.17) is 0 Å². The number of anilines is 2. The molecule has 166 valence electrons. The Bertz CT molecular complexity index is 1220. The molecule has 1 N–H and O–H groups in total. The van der Waals surface area contributed by atoms with Gasteiger partial charge in [0.05, 0.1) is 11.4 Å². The van der Waals surface area contributed by atoms with Crippen LogP contribution in [0.25, 0.3) is 33.6 Å². The zero-order valence-corrected chi connectivity index (χ0v) is 19.1. The zero-order valence-electron chi connectivity index (χ0n) is 19.1. The van der Waals surface area contributed by atoms with E-state index in [1.807, 2.05) is 43.7 Å². The summed E-state index contributed by atoms with van der Waals surface area (Å²) in [6, 6.07) is 21.0. The summed E-state index contributed by atoms with van der Waals surface area (Å²) in [4.78, 5) is 18.5. The van der Waals surface area contributed by atoms with E-state index in [0.717, 1.165) is 65.6 Å². The minimum atomic E-state index is 0.801. The number of hydrogen-bond acceptors (Lipinski definition) is 6. The Morgan fingerprint density at radius 3 is 2.21 bits per heavy atom. The van der Waals surface area contributed by atoms with E-state index in [9.17, 15) is 0 Å². The van der Waals surface area contributed by atoms with E-state index in [1.165, 1.54) is 5.69 Å². The second kappa shape index (κ2) is 9.38. The van der Waals surface area contributed by atoms with Gasteiger partial charge in [0.25, 0.3) is 0 Å². The van der Waals surface area contributed by atoms with Gasteiger partial charge in [0.1, 0.15) is 5.82 Å². The van der Waals surface area contributed by atoms with Crippen molar-refractivity contribution < 1.29 is 0 Å². The average Bonchev–Trinajstić information content (AvgIpc) is 2.89. The van der Waals surface area contributed by atoms with Crippen LogP contribution in [-0.2, 0) is 0 Å². The number of nitrogens with zero attached hydrogens (tertiary/aromatic N) is 5. The van der Waals surface area contributed by atoms with Crippen molar-refractivity contribution in [2.75, 3.05) is 50.5 Å². The fraction of sp³-hybridized carbons (Fsp3) is 0.222. The molecule has 33 heavy (non-hydrogen) atoms. The van der Waals surface area contributed by atoms with E-state index in [1.54, 1.807) is 6.20 Å². The van der Waals surface area contributed by atoms with Crippen LogP contribution in [0, 0.1) is 0 Å². The number of rotatable bonds is 5. The summed E-state index contributed by atoms with van der Waals surface area (Å²) in [5, 5.41) is 3.17. The second-order valence-electron chi connectivity index (χ2n) is 8.39. The molecule has 6 nitrogen and oxygen atoms in total. The lowest BCUT2D eigenvalue weighted by atomic mass is 10.0. The summed E-state index contributed by atoms with van der Waals surface area (Å²) in [6.07, 6.45) is 5.62. The highest BCUT2D eigenvalue weighted by atomic mass is 15.2. The zero-order chi connectivity index (χ0) is 22.6. The van der Waals surface area contributed by atoms with Crippen LogP contribution < -0.4 is 10.2 Å². The van der Waals surface area contributed by atoms with Crippen LogP contribution in [0.1, 0.15) is 0 Å². The minimum absolute atomic E-state index is 0.801. The van der Waals surface area contributed by atoms with Gasteiger partial charge in [0, 0.05) is 68.6 Å². The molecule has 0 saturated carbocycles. The molecule has 1 aliphatic heterocycles. The molecule has 0 radical (unpaired) electrons. The molecule has 5 rings (SSSR count). The number of benzene rings is 1. The van der Waals surface area contributed by atoms with Gasteiger partial charge in [0.2, 0.25) is 0 Å². The number of likely N-dealkylation sites (N-methyl/N-ethyl adjacent to an activating group) is 1. The van der Waals surface area contributed by atoms with Crippen LogP contribution in [0.2, 0.25) is 0 Å². The molecule has 0 bridgehead atoms. The van der Waals surface area contributed by atoms with Crippen molar-refractivity contribution in [2.24, 2.45) is 0 Å². The van der Waals surface area contributed by atoms with E-state index < -0.39 is 0 Å². The van der Waals surface area contributed by atoms with Gasteiger partial charge in [-0.2, -0.15) is 0 Å². The third kappa shape index (κ3) is 4.71. The molecule has 0 aliphatic carbocycles. The molecule has 0 amide bonds. The number of nitrogens with one attached hydrogen (secondary N) is 1. The Morgan fingerprint density at radius 2 is 1.52 bits per heavy atom. The van der Waals surface area contributed by atoms with Crippen molar-refractivity contribution in [3.05, 3.63) is 79.3 Å². The monoisotopic (exact) mass is 436 g/mol. The molecular weight excluding hydrogens is 408 g/mol. The third-order valence-electron chi connectivity index (χ3n) is 6.15. The van der Waals surface area contributed by atoms with E-state index in [2.05, 4.69) is 73.5 Å². The first-order chi connectivity index (χ1) is 16.2. The molecule has 0 unspecified atom stereocenters. The Kier molecular flexibility index (Phi) is 6.00. The van der Waals surface area contributed by atoms with Crippen molar-refractivity contribution in [2.45, 2.75) is 0 Å². The SMILES string of the molecule is CNc1cc(-c2cncc(-c3ccc(N4CCN(C)CC4)cc3)c2)cc(-c2ccccn2)n1. The van der Waals surface area contributed by atoms with Crippen molar-refractivity contribution in [3.8, 4) is 33.6 Å². The van der Waals surface area contributed by atoms with Gasteiger partial charge in [-0.15, -0.1) is 0 Å². The first-order valence-corrected chi connectivity index (χ1v) is 11.3. The van der Waals surface area contributed by atoms with E-state index >= 15 is 0 Å². The molecule has 4 aromatic rings. The molecule has 1 aliphatic rings. The lowest BCUT2D eigenvalue weighted by Crippen LogP contribution is -2.44. The molecule has 1 fully saturated rings. The fourth-order valence-corrected chi connectivity index (χ4v) is 4.16. The topological polar surface area (TPSA) is 57.2 Å². The summed E-state index contributed by atoms with van der Waals surface area (Å²) in [7, 11) is 4.06. The van der Waals surface area contributed by atoms with Gasteiger partial charge in [-0.3, -0.25) is 9.97 Å². The van der Waals surface area contributed by atoms with Gasteiger partial charge >= 0.3 is 0 Å². The lowest BCUT2D eigenvalue weighted by molar-refractivity contribution is 0.313. The molecule has 4 heterocycles. The molecule has 6 heteroatoms. The van der Waals surface area contributed by atoms with Crippen LogP contribution in [0.3, 0.4) is 0 Å². The van der Waals surface area contributed by atoms with Crippen molar-refractivity contribution >= 4 is 11.5 Å². The molecule has 1 saturated heterocycles. The largest absolute Gasteiger partial charge is 0.373 e. The predicted octanol–water partition coefficient (Wildman–Crippen LogP) is 4.67. The number of piperazine rings is 1. The average molecular weight is 437 g/mol. The number of pyridine rings is 3. The van der Waals surface area contributed by atoms with Gasteiger partial charge < -0.3 is 15.1 Å². The fourth-order valence-electron chi connectivity index (χ4n) is 4.16. The van der Waals surface area contributed by atoms with Crippen LogP contribution in [-0.4, -0.2) is 60.1 Å². The van der Waals surface area contributed by atoms with E-state index in [-0.39, 0.29) is 0 Å². The predicted molar refractivity (Wildman–Crippen MR) is 135 cm³/mol. The van der Waals surface area contributed by atoms with Gasteiger partial charge in [0.15, 0.2) is 0 Å². The smallest absolute Gasteiger partial charge is 0.127 e. The van der Waals surface area contributed by atoms with Crippen LogP contribution in [0.5, 0.6) is 0 Å². The minimum Gasteiger partial charge on any atom is -0.373 e. The van der Waals surface area contributed by atoms with E-state index in [0.29, 0.717) is 0 Å². The van der Waals surface area contributed by atoms with Crippen molar-refractivity contribution in [3.63, 3.8) is 0 Å². The first kappa shape index (κ1) is 21.1. The summed E-state index contributed by atoms with van der Waals surface area (Å²) >= 11 is 0. The number of aromatic nitrogens is 3. The summed E-state index contributed by atoms with van der Waals surface area (Å²) in [5.74, 6) is 0.801. The standard InChI is InChI=1S/C27H28N6/c1-28-27-17-21(16-26(31-27)25-5-3-4-10-30-25)23-15-22(18-29-19-23)20-6-8-24(9-7-20)33-13-11-32(2)12-14-33/h3-10,15-19H,11-14H2,1-2H3,(H,28,31). The Labute approximate surface area is 195 Å². The molecule has 3 aromatic heterocycles. The third-order valence-corrected chi connectivity index (χ3v) is 6.15. The Morgan fingerprint density at radius 1 is 0.758 bits per heavy atom. The Balaban J connectivity index is 1.44. The highest BCUT2D eigenvalue weighted by molar-refractivity contribution is 5.76. The maximum Gasteiger partial charge on any atom is 0.127 e. The quantitative estimate of drug-likeness (QED) is 0.491. The van der Waals surface area contributed by atoms with Crippen LogP contribution >= 0.6 is 0 Å². The van der Waals surface area contributed by atoms with Gasteiger partial charge in [-0.1, -0.05) is 18.2 Å². The number of hydrogen-bond donors (Lipinski definition) is 1. The molecule has 0 atom stereocenters. The molecular formula is C27H28N6. The maximum atomic E-state index is 4.69. The van der Waals surface area contributed by atoms with Gasteiger partial charge in [-0.05, 0) is 60.6 Å². The van der Waals surface area contributed by atoms with Crippen molar-refractivity contribution in [1.82, 2.24) is 19.9 Å². The maximum absolute atomic E-state index is 4.69. The van der Waals surface area contributed by atoms with Crippen LogP contribution in [0.4, 0.5) is 11.5 Å². The molecule has 0 spiro atoms. The summed E-state index contributed by atoms with van der Waals surface area (Å²) in [6.45, 7) is 4.35. The van der Waals surface area contributed by atoms with Crippen molar-refractivity contribution in [1.29, 1.82) is 0 Å². The summed E-state index contributed by atoms with van der Waals surface area (Å²) < 4.78 is 0. The van der Waals surface area contributed by atoms with Gasteiger partial charge in [-0.25, -0.2) is 4.98 Å². The van der Waals surface area contributed by atoms with Crippen LogP contribution in [0.15, 0.2) is 79.3 Å². The first-order valence-electron chi connectivity index (χ1n) is 11.3. The highest BCUT2D eigenvalue weighted by Gasteiger charge is 2.14. The Hall–Kier alpha value is -3.77. The molecule has 1 aromatic carbocycles. The lowest BCUT2D eigenvalue weighted by Gasteiger charge is -2.34.